The summed E-state index contributed by atoms with van der Waals surface area (Å²) in [6.45, 7) is 7.20. The van der Waals surface area contributed by atoms with Gasteiger partial charge < -0.3 is 14.8 Å². The zero-order valence-corrected chi connectivity index (χ0v) is 21.9. The number of ether oxygens (including phenoxy) is 2. The highest BCUT2D eigenvalue weighted by molar-refractivity contribution is 7.85. The van der Waals surface area contributed by atoms with E-state index in [0.29, 0.717) is 19.1 Å². The highest BCUT2D eigenvalue weighted by Gasteiger charge is 2.18. The number of benzene rings is 2. The minimum atomic E-state index is -3.67. The summed E-state index contributed by atoms with van der Waals surface area (Å²) in [7, 11) is -5.67. The van der Waals surface area contributed by atoms with Gasteiger partial charge in [-0.3, -0.25) is 18.8 Å². The molecule has 3 N–H and O–H groups in total. The summed E-state index contributed by atoms with van der Waals surface area (Å²) < 4.78 is 62.5. The summed E-state index contributed by atoms with van der Waals surface area (Å²) in [5.41, 5.74) is 0.977. The van der Waals surface area contributed by atoms with Crippen LogP contribution in [0.1, 0.15) is 18.4 Å². The Morgan fingerprint density at radius 2 is 1.51 bits per heavy atom. The van der Waals surface area contributed by atoms with Gasteiger partial charge in [0.05, 0.1) is 25.5 Å². The van der Waals surface area contributed by atoms with E-state index in [1.165, 1.54) is 0 Å². The lowest BCUT2D eigenvalue weighted by Crippen LogP contribution is -2.44. The molecule has 1 fully saturated rings. The van der Waals surface area contributed by atoms with Gasteiger partial charge in [-0.25, -0.2) is 0 Å². The second kappa shape index (κ2) is 14.3. The van der Waals surface area contributed by atoms with Gasteiger partial charge in [0.25, 0.3) is 20.2 Å². The molecule has 1 heterocycles. The smallest absolute Gasteiger partial charge is 0.313 e. The zero-order chi connectivity index (χ0) is 26.6. The van der Waals surface area contributed by atoms with Crippen LogP contribution in [0.25, 0.3) is 10.8 Å². The molecule has 35 heavy (non-hydrogen) atoms. The van der Waals surface area contributed by atoms with Crippen molar-refractivity contribution in [1.82, 2.24) is 10.2 Å². The SMILES string of the molecule is COc1ccc2cc([C@H](C)C(=O)OCCN3CCNCC3)ccc2c1.CS(=O)(=O)O.CS(=O)(=O)O. The van der Waals surface area contributed by atoms with Gasteiger partial charge in [0.1, 0.15) is 12.4 Å². The van der Waals surface area contributed by atoms with Crippen molar-refractivity contribution in [1.29, 1.82) is 0 Å². The molecule has 198 valence electrons. The third-order valence-electron chi connectivity index (χ3n) is 4.79. The number of carbonyl (C=O) groups is 1. The predicted molar refractivity (Wildman–Crippen MR) is 134 cm³/mol. The van der Waals surface area contributed by atoms with Crippen molar-refractivity contribution >= 4 is 37.0 Å². The number of fused-ring (bicyclic) bond motifs is 1. The van der Waals surface area contributed by atoms with Crippen LogP contribution in [0.2, 0.25) is 0 Å². The molecule has 0 saturated carbocycles. The first-order valence-corrected chi connectivity index (χ1v) is 14.4. The van der Waals surface area contributed by atoms with Crippen molar-refractivity contribution in [2.75, 3.05) is 59.0 Å². The average Bonchev–Trinajstić information content (AvgIpc) is 2.76. The monoisotopic (exact) mass is 534 g/mol. The summed E-state index contributed by atoms with van der Waals surface area (Å²) in [4.78, 5) is 14.7. The number of carbonyl (C=O) groups excluding carboxylic acids is 1. The average molecular weight is 535 g/mol. The number of hydrogen-bond donors (Lipinski definition) is 3. The molecule has 1 atom stereocenters. The highest BCUT2D eigenvalue weighted by atomic mass is 32.2. The standard InChI is InChI=1S/C20H26N2O3.2CH4O3S/c1-15(20(23)25-12-11-22-9-7-21-8-10-22)16-3-4-18-14-19(24-2)6-5-17(18)13-16;2*1-5(2,3)4/h3-6,13-15,21H,7-12H2,1-2H3;2*1H3,(H,2,3,4)/t15-;;/m0../s1. The fourth-order valence-electron chi connectivity index (χ4n) is 3.11. The van der Waals surface area contributed by atoms with Crippen LogP contribution in [0.4, 0.5) is 0 Å². The molecular weight excluding hydrogens is 500 g/mol. The minimum absolute atomic E-state index is 0.164. The Labute approximate surface area is 206 Å². The van der Waals surface area contributed by atoms with Crippen molar-refractivity contribution < 1.29 is 40.2 Å². The fourth-order valence-corrected chi connectivity index (χ4v) is 3.11. The lowest BCUT2D eigenvalue weighted by Gasteiger charge is -2.26. The first-order chi connectivity index (χ1) is 16.2. The second-order valence-corrected chi connectivity index (χ2v) is 10.9. The summed E-state index contributed by atoms with van der Waals surface area (Å²) in [6, 6.07) is 12.0. The van der Waals surface area contributed by atoms with Crippen LogP contribution in [0, 0.1) is 0 Å². The van der Waals surface area contributed by atoms with E-state index in [2.05, 4.69) is 16.3 Å². The maximum atomic E-state index is 12.3. The van der Waals surface area contributed by atoms with Gasteiger partial charge in [0, 0.05) is 32.7 Å². The Hall–Kier alpha value is -2.29. The molecule has 1 saturated heterocycles. The number of hydrogen-bond acceptors (Lipinski definition) is 9. The molecule has 2 aromatic rings. The number of nitrogens with one attached hydrogen (secondary N) is 1. The Morgan fingerprint density at radius 1 is 1.00 bits per heavy atom. The summed E-state index contributed by atoms with van der Waals surface area (Å²) in [5, 5.41) is 5.51. The van der Waals surface area contributed by atoms with Crippen LogP contribution in [-0.4, -0.2) is 95.8 Å². The van der Waals surface area contributed by atoms with E-state index in [1.807, 2.05) is 37.3 Å². The second-order valence-electron chi connectivity index (χ2n) is 7.92. The van der Waals surface area contributed by atoms with E-state index in [0.717, 1.165) is 54.8 Å². The maximum Gasteiger partial charge on any atom is 0.313 e. The quantitative estimate of drug-likeness (QED) is 0.363. The number of esters is 1. The number of nitrogens with zero attached hydrogens (tertiary/aromatic N) is 1. The van der Waals surface area contributed by atoms with Crippen LogP contribution >= 0.6 is 0 Å². The van der Waals surface area contributed by atoms with Gasteiger partial charge in [-0.05, 0) is 35.4 Å². The van der Waals surface area contributed by atoms with Gasteiger partial charge in [0.2, 0.25) is 0 Å². The highest BCUT2D eigenvalue weighted by Crippen LogP contribution is 2.25. The third-order valence-corrected chi connectivity index (χ3v) is 4.79. The Morgan fingerprint density at radius 3 is 2.06 bits per heavy atom. The molecular formula is C22H34N2O9S2. The van der Waals surface area contributed by atoms with Crippen molar-refractivity contribution in [2.45, 2.75) is 12.8 Å². The molecule has 0 radical (unpaired) electrons. The van der Waals surface area contributed by atoms with E-state index in [9.17, 15) is 21.6 Å². The molecule has 2 aromatic carbocycles. The largest absolute Gasteiger partial charge is 0.497 e. The minimum Gasteiger partial charge on any atom is -0.497 e. The Balaban J connectivity index is 0.000000519. The van der Waals surface area contributed by atoms with Crippen molar-refractivity contribution in [3.05, 3.63) is 42.0 Å². The van der Waals surface area contributed by atoms with E-state index < -0.39 is 20.2 Å². The molecule has 0 amide bonds. The van der Waals surface area contributed by atoms with Crippen molar-refractivity contribution in [2.24, 2.45) is 0 Å². The van der Waals surface area contributed by atoms with Gasteiger partial charge in [-0.1, -0.05) is 24.3 Å². The van der Waals surface area contributed by atoms with Gasteiger partial charge in [-0.15, -0.1) is 0 Å². The summed E-state index contributed by atoms with van der Waals surface area (Å²) in [5.74, 6) is 0.401. The van der Waals surface area contributed by atoms with Crippen LogP contribution in [0.15, 0.2) is 36.4 Å². The van der Waals surface area contributed by atoms with Crippen LogP contribution in [0.3, 0.4) is 0 Å². The molecule has 0 aromatic heterocycles. The Bertz CT molecular complexity index is 1120. The van der Waals surface area contributed by atoms with E-state index in [1.54, 1.807) is 7.11 Å². The maximum absolute atomic E-state index is 12.3. The number of methoxy groups -OCH3 is 1. The molecule has 11 nitrogen and oxygen atoms in total. The van der Waals surface area contributed by atoms with Crippen LogP contribution in [0.5, 0.6) is 5.75 Å². The molecule has 1 aliphatic heterocycles. The molecule has 0 bridgehead atoms. The van der Waals surface area contributed by atoms with E-state index in [-0.39, 0.29) is 11.9 Å². The molecule has 0 unspecified atom stereocenters. The zero-order valence-electron chi connectivity index (χ0n) is 20.3. The normalized spacial score (nSPS) is 15.1. The Kier molecular flexibility index (Phi) is 12.6. The molecule has 1 aliphatic rings. The number of piperazine rings is 1. The molecule has 0 spiro atoms. The first kappa shape index (κ1) is 30.7. The molecule has 13 heteroatoms. The topological polar surface area (TPSA) is 160 Å². The summed E-state index contributed by atoms with van der Waals surface area (Å²) in [6.07, 6.45) is 1.43. The lowest BCUT2D eigenvalue weighted by atomic mass is 9.98. The van der Waals surface area contributed by atoms with E-state index >= 15 is 0 Å². The van der Waals surface area contributed by atoms with Crippen molar-refractivity contribution in [3.8, 4) is 5.75 Å². The van der Waals surface area contributed by atoms with E-state index in [4.69, 9.17) is 18.6 Å². The van der Waals surface area contributed by atoms with Gasteiger partial charge >= 0.3 is 5.97 Å². The first-order valence-electron chi connectivity index (χ1n) is 10.7. The fraction of sp³-hybridized carbons (Fsp3) is 0.500. The number of rotatable bonds is 6. The lowest BCUT2D eigenvalue weighted by molar-refractivity contribution is -0.145. The van der Waals surface area contributed by atoms with Gasteiger partial charge in [-0.2, -0.15) is 16.8 Å². The van der Waals surface area contributed by atoms with Crippen molar-refractivity contribution in [3.63, 3.8) is 0 Å². The van der Waals surface area contributed by atoms with Crippen LogP contribution in [-0.2, 0) is 29.8 Å². The van der Waals surface area contributed by atoms with Crippen LogP contribution < -0.4 is 10.1 Å². The predicted octanol–water partition coefficient (Wildman–Crippen LogP) is 1.41. The molecule has 3 rings (SSSR count). The third kappa shape index (κ3) is 14.7. The summed E-state index contributed by atoms with van der Waals surface area (Å²) >= 11 is 0. The molecule has 0 aliphatic carbocycles. The van der Waals surface area contributed by atoms with Gasteiger partial charge in [0.15, 0.2) is 0 Å².